The Morgan fingerprint density at radius 3 is 2.96 bits per heavy atom. The van der Waals surface area contributed by atoms with Gasteiger partial charge in [-0.1, -0.05) is 6.07 Å². The van der Waals surface area contributed by atoms with Crippen molar-refractivity contribution < 1.29 is 4.74 Å². The van der Waals surface area contributed by atoms with E-state index in [2.05, 4.69) is 33.5 Å². The first-order valence-corrected chi connectivity index (χ1v) is 9.36. The fraction of sp³-hybridized carbons (Fsp3) is 0.286. The predicted molar refractivity (Wildman–Crippen MR) is 106 cm³/mol. The number of ether oxygens (including phenoxy) is 1. The van der Waals surface area contributed by atoms with Gasteiger partial charge in [-0.25, -0.2) is 4.68 Å². The van der Waals surface area contributed by atoms with Crippen LogP contribution in [-0.4, -0.2) is 26.4 Å². The number of aryl methyl sites for hydroxylation is 1. The Morgan fingerprint density at radius 1 is 1.11 bits per heavy atom. The van der Waals surface area contributed by atoms with Crippen LogP contribution < -0.4 is 5.32 Å². The van der Waals surface area contributed by atoms with Crippen molar-refractivity contribution in [2.75, 3.05) is 11.9 Å². The number of nitrogens with one attached hydrogen (secondary N) is 1. The van der Waals surface area contributed by atoms with E-state index in [9.17, 15) is 0 Å². The number of anilines is 2. The summed E-state index contributed by atoms with van der Waals surface area (Å²) in [5.41, 5.74) is 3.84. The fourth-order valence-electron chi connectivity index (χ4n) is 3.66. The lowest BCUT2D eigenvalue weighted by molar-refractivity contribution is -0.0365. The number of rotatable bonds is 3. The second-order valence-electron chi connectivity index (χ2n) is 7.00. The Kier molecular flexibility index (Phi) is 3.98. The highest BCUT2D eigenvalue weighted by Crippen LogP contribution is 2.31. The van der Waals surface area contributed by atoms with Crippen molar-refractivity contribution in [3.8, 4) is 0 Å². The number of benzene rings is 1. The Hall–Kier alpha value is -2.99. The molecule has 0 radical (unpaired) electrons. The zero-order chi connectivity index (χ0) is 18.2. The fourth-order valence-corrected chi connectivity index (χ4v) is 3.66. The maximum atomic E-state index is 5.94. The van der Waals surface area contributed by atoms with E-state index < -0.39 is 0 Å². The molecule has 0 spiro atoms. The van der Waals surface area contributed by atoms with Crippen LogP contribution in [0.5, 0.6) is 0 Å². The van der Waals surface area contributed by atoms with Gasteiger partial charge in [-0.2, -0.15) is 0 Å². The summed E-state index contributed by atoms with van der Waals surface area (Å²) >= 11 is 0. The largest absolute Gasteiger partial charge is 0.356 e. The molecular formula is C21H21N5O. The van der Waals surface area contributed by atoms with Crippen molar-refractivity contribution >= 4 is 33.3 Å². The van der Waals surface area contributed by atoms with E-state index in [0.29, 0.717) is 0 Å². The molecule has 0 aliphatic carbocycles. The van der Waals surface area contributed by atoms with Gasteiger partial charge in [-0.3, -0.25) is 9.97 Å². The molecule has 1 fully saturated rings. The van der Waals surface area contributed by atoms with Gasteiger partial charge in [0, 0.05) is 35.8 Å². The quantitative estimate of drug-likeness (QED) is 0.573. The van der Waals surface area contributed by atoms with Gasteiger partial charge in [0.15, 0.2) is 12.0 Å². The van der Waals surface area contributed by atoms with E-state index in [1.165, 1.54) is 0 Å². The maximum Gasteiger partial charge on any atom is 0.179 e. The normalized spacial score (nSPS) is 17.4. The van der Waals surface area contributed by atoms with Crippen LogP contribution in [0.2, 0.25) is 0 Å². The first-order valence-electron chi connectivity index (χ1n) is 9.36. The molecule has 6 nitrogen and oxygen atoms in total. The van der Waals surface area contributed by atoms with Gasteiger partial charge in [-0.05, 0) is 61.9 Å². The van der Waals surface area contributed by atoms with Crippen LogP contribution >= 0.6 is 0 Å². The number of pyridine rings is 2. The summed E-state index contributed by atoms with van der Waals surface area (Å²) in [6.07, 6.45) is 6.94. The molecule has 1 atom stereocenters. The van der Waals surface area contributed by atoms with Gasteiger partial charge < -0.3 is 10.1 Å². The summed E-state index contributed by atoms with van der Waals surface area (Å²) in [6, 6.07) is 12.3. The standard InChI is InChI=1S/C21H21N5O/c1-14-11-16-12-17(8-7-15(16)13-23-14)24-21-20-18(5-4-9-22-20)26(25-21)19-6-2-3-10-27-19/h4-5,7-9,11-13,19H,2-3,6,10H2,1H3,(H,24,25). The topological polar surface area (TPSA) is 64.9 Å². The van der Waals surface area contributed by atoms with E-state index in [1.54, 1.807) is 6.20 Å². The summed E-state index contributed by atoms with van der Waals surface area (Å²) in [6.45, 7) is 2.79. The van der Waals surface area contributed by atoms with Gasteiger partial charge in [-0.15, -0.1) is 5.10 Å². The maximum absolute atomic E-state index is 5.94. The van der Waals surface area contributed by atoms with Crippen LogP contribution in [0.1, 0.15) is 31.2 Å². The molecule has 6 heteroatoms. The number of hydrogen-bond donors (Lipinski definition) is 1. The lowest BCUT2D eigenvalue weighted by Gasteiger charge is -2.23. The highest BCUT2D eigenvalue weighted by atomic mass is 16.5. The van der Waals surface area contributed by atoms with Crippen molar-refractivity contribution in [1.29, 1.82) is 0 Å². The zero-order valence-corrected chi connectivity index (χ0v) is 15.2. The van der Waals surface area contributed by atoms with E-state index in [-0.39, 0.29) is 6.23 Å². The Balaban J connectivity index is 1.55. The second kappa shape index (κ2) is 6.63. The molecule has 1 aliphatic heterocycles. The van der Waals surface area contributed by atoms with Gasteiger partial charge in [0.05, 0.1) is 5.52 Å². The molecule has 1 N–H and O–H groups in total. The lowest BCUT2D eigenvalue weighted by atomic mass is 10.1. The van der Waals surface area contributed by atoms with Crippen LogP contribution in [0, 0.1) is 6.92 Å². The summed E-state index contributed by atoms with van der Waals surface area (Å²) in [5, 5.41) is 10.5. The molecule has 136 valence electrons. The molecule has 0 saturated carbocycles. The van der Waals surface area contributed by atoms with Crippen LogP contribution in [0.15, 0.2) is 48.8 Å². The molecule has 1 unspecified atom stereocenters. The van der Waals surface area contributed by atoms with Gasteiger partial charge in [0.1, 0.15) is 5.52 Å². The Bertz CT molecular complexity index is 1110. The second-order valence-corrected chi connectivity index (χ2v) is 7.00. The molecule has 1 aromatic carbocycles. The van der Waals surface area contributed by atoms with Crippen molar-refractivity contribution in [1.82, 2.24) is 19.7 Å². The molecule has 3 aromatic heterocycles. The summed E-state index contributed by atoms with van der Waals surface area (Å²) in [5.74, 6) is 0.755. The highest BCUT2D eigenvalue weighted by Gasteiger charge is 2.21. The predicted octanol–water partition coefficient (Wildman–Crippen LogP) is 4.73. The smallest absolute Gasteiger partial charge is 0.179 e. The molecule has 0 bridgehead atoms. The molecule has 4 heterocycles. The van der Waals surface area contributed by atoms with Gasteiger partial charge in [0.25, 0.3) is 0 Å². The van der Waals surface area contributed by atoms with E-state index in [4.69, 9.17) is 9.84 Å². The lowest BCUT2D eigenvalue weighted by Crippen LogP contribution is -2.19. The zero-order valence-electron chi connectivity index (χ0n) is 15.2. The number of fused-ring (bicyclic) bond motifs is 2. The number of aromatic nitrogens is 4. The van der Waals surface area contributed by atoms with Crippen LogP contribution in [0.3, 0.4) is 0 Å². The monoisotopic (exact) mass is 359 g/mol. The summed E-state index contributed by atoms with van der Waals surface area (Å²) < 4.78 is 7.92. The van der Waals surface area contributed by atoms with Crippen LogP contribution in [0.25, 0.3) is 21.8 Å². The van der Waals surface area contributed by atoms with Crippen molar-refractivity contribution in [2.45, 2.75) is 32.4 Å². The molecule has 0 amide bonds. The third kappa shape index (κ3) is 3.02. The number of hydrogen-bond acceptors (Lipinski definition) is 5. The molecule has 5 rings (SSSR count). The van der Waals surface area contributed by atoms with E-state index >= 15 is 0 Å². The van der Waals surface area contributed by atoms with Gasteiger partial charge >= 0.3 is 0 Å². The SMILES string of the molecule is Cc1cc2cc(Nc3nn(C4CCCCO4)c4cccnc34)ccc2cn1. The van der Waals surface area contributed by atoms with E-state index in [1.807, 2.05) is 36.0 Å². The van der Waals surface area contributed by atoms with Crippen LogP contribution in [-0.2, 0) is 4.74 Å². The Labute approximate surface area is 157 Å². The first kappa shape index (κ1) is 16.2. The van der Waals surface area contributed by atoms with Crippen LogP contribution in [0.4, 0.5) is 11.5 Å². The minimum atomic E-state index is -0.0219. The summed E-state index contributed by atoms with van der Waals surface area (Å²) in [7, 11) is 0. The summed E-state index contributed by atoms with van der Waals surface area (Å²) in [4.78, 5) is 8.91. The highest BCUT2D eigenvalue weighted by molar-refractivity contribution is 5.91. The molecule has 1 saturated heterocycles. The third-order valence-corrected chi connectivity index (χ3v) is 5.01. The minimum Gasteiger partial charge on any atom is -0.356 e. The van der Waals surface area contributed by atoms with E-state index in [0.717, 1.165) is 64.9 Å². The average molecular weight is 359 g/mol. The van der Waals surface area contributed by atoms with Crippen molar-refractivity contribution in [3.05, 3.63) is 54.5 Å². The molecule has 4 aromatic rings. The first-order chi connectivity index (χ1) is 13.3. The minimum absolute atomic E-state index is 0.0219. The Morgan fingerprint density at radius 2 is 2.07 bits per heavy atom. The number of nitrogens with zero attached hydrogens (tertiary/aromatic N) is 4. The molecule has 27 heavy (non-hydrogen) atoms. The van der Waals surface area contributed by atoms with Crippen molar-refractivity contribution in [3.63, 3.8) is 0 Å². The van der Waals surface area contributed by atoms with Gasteiger partial charge in [0.2, 0.25) is 0 Å². The molecular weight excluding hydrogens is 338 g/mol. The molecule has 1 aliphatic rings. The third-order valence-electron chi connectivity index (χ3n) is 5.01. The average Bonchev–Trinajstić information content (AvgIpc) is 3.07. The van der Waals surface area contributed by atoms with Crippen molar-refractivity contribution in [2.24, 2.45) is 0 Å².